The van der Waals surface area contributed by atoms with E-state index in [1.165, 1.54) is 21.9 Å². The molecule has 1 aromatic heterocycles. The average Bonchev–Trinajstić information content (AvgIpc) is 2.52. The summed E-state index contributed by atoms with van der Waals surface area (Å²) in [6.45, 7) is 2.10. The summed E-state index contributed by atoms with van der Waals surface area (Å²) in [5, 5.41) is 12.0. The highest BCUT2D eigenvalue weighted by Gasteiger charge is 2.08. The third-order valence-corrected chi connectivity index (χ3v) is 3.15. The Balaban J connectivity index is 2.59. The zero-order valence-electron chi connectivity index (χ0n) is 9.36. The van der Waals surface area contributed by atoms with Gasteiger partial charge in [-0.3, -0.25) is 0 Å². The van der Waals surface area contributed by atoms with E-state index in [-0.39, 0.29) is 0 Å². The van der Waals surface area contributed by atoms with E-state index in [0.717, 1.165) is 5.52 Å². The van der Waals surface area contributed by atoms with Crippen molar-refractivity contribution < 1.29 is 5.11 Å². The van der Waals surface area contributed by atoms with Gasteiger partial charge in [-0.25, -0.2) is 0 Å². The second kappa shape index (κ2) is 3.01. The molecule has 0 radical (unpaired) electrons. The lowest BCUT2D eigenvalue weighted by Crippen LogP contribution is -1.85. The van der Waals surface area contributed by atoms with Crippen LogP contribution in [0.3, 0.4) is 0 Å². The lowest BCUT2D eigenvalue weighted by atomic mass is 10.1. The van der Waals surface area contributed by atoms with Crippen molar-refractivity contribution in [3.05, 3.63) is 42.0 Å². The quantitative estimate of drug-likeness (QED) is 0.606. The van der Waals surface area contributed by atoms with Crippen LogP contribution in [0.15, 0.2) is 36.4 Å². The molecule has 0 amide bonds. The minimum absolute atomic E-state index is 0.315. The Labute approximate surface area is 93.7 Å². The molecule has 2 aromatic carbocycles. The number of rotatable bonds is 0. The third-order valence-electron chi connectivity index (χ3n) is 3.15. The SMILES string of the molecule is Cc1ccc2c(c1)c1ccc(O)cc1n2C. The smallest absolute Gasteiger partial charge is 0.117 e. The zero-order chi connectivity index (χ0) is 11.3. The largest absolute Gasteiger partial charge is 0.508 e. The number of phenols is 1. The Morgan fingerprint density at radius 2 is 1.75 bits per heavy atom. The second-order valence-electron chi connectivity index (χ2n) is 4.28. The predicted molar refractivity (Wildman–Crippen MR) is 66.8 cm³/mol. The summed E-state index contributed by atoms with van der Waals surface area (Å²) in [5.74, 6) is 0.315. The minimum atomic E-state index is 0.315. The number of nitrogens with zero attached hydrogens (tertiary/aromatic N) is 1. The number of fused-ring (bicyclic) bond motifs is 3. The monoisotopic (exact) mass is 211 g/mol. The molecule has 0 aliphatic rings. The highest BCUT2D eigenvalue weighted by atomic mass is 16.3. The van der Waals surface area contributed by atoms with Crippen LogP contribution in [-0.4, -0.2) is 9.67 Å². The number of hydrogen-bond donors (Lipinski definition) is 1. The highest BCUT2D eigenvalue weighted by Crippen LogP contribution is 2.30. The van der Waals surface area contributed by atoms with Gasteiger partial charge >= 0.3 is 0 Å². The minimum Gasteiger partial charge on any atom is -0.508 e. The van der Waals surface area contributed by atoms with E-state index in [9.17, 15) is 5.11 Å². The molecule has 0 unspecified atom stereocenters. The van der Waals surface area contributed by atoms with E-state index in [2.05, 4.69) is 29.7 Å². The molecule has 1 heterocycles. The van der Waals surface area contributed by atoms with Gasteiger partial charge in [0.15, 0.2) is 0 Å². The summed E-state index contributed by atoms with van der Waals surface area (Å²) < 4.78 is 2.11. The molecule has 0 atom stereocenters. The molecule has 3 aromatic rings. The molecule has 0 aliphatic carbocycles. The van der Waals surface area contributed by atoms with E-state index < -0.39 is 0 Å². The number of benzene rings is 2. The first kappa shape index (κ1) is 9.28. The van der Waals surface area contributed by atoms with Gasteiger partial charge in [-0.1, -0.05) is 11.6 Å². The van der Waals surface area contributed by atoms with Crippen LogP contribution < -0.4 is 0 Å². The summed E-state index contributed by atoms with van der Waals surface area (Å²) in [4.78, 5) is 0. The first-order valence-corrected chi connectivity index (χ1v) is 5.34. The molecule has 2 nitrogen and oxygen atoms in total. The van der Waals surface area contributed by atoms with Crippen LogP contribution >= 0.6 is 0 Å². The maximum absolute atomic E-state index is 9.52. The predicted octanol–water partition coefficient (Wildman–Crippen LogP) is 3.35. The molecule has 1 N–H and O–H groups in total. The van der Waals surface area contributed by atoms with Gasteiger partial charge in [0.1, 0.15) is 5.75 Å². The standard InChI is InChI=1S/C14H13NO/c1-9-3-6-13-12(7-9)11-5-4-10(16)8-14(11)15(13)2/h3-8,16H,1-2H3. The number of aryl methyl sites for hydroxylation is 2. The van der Waals surface area contributed by atoms with Crippen molar-refractivity contribution in [1.82, 2.24) is 4.57 Å². The van der Waals surface area contributed by atoms with Gasteiger partial charge in [0.25, 0.3) is 0 Å². The Kier molecular flexibility index (Phi) is 1.75. The topological polar surface area (TPSA) is 25.2 Å². The van der Waals surface area contributed by atoms with Crippen molar-refractivity contribution >= 4 is 21.8 Å². The molecular weight excluding hydrogens is 198 g/mol. The summed E-state index contributed by atoms with van der Waals surface area (Å²) in [5.41, 5.74) is 3.53. The van der Waals surface area contributed by atoms with Crippen LogP contribution in [0.1, 0.15) is 5.56 Å². The number of aromatic nitrogens is 1. The van der Waals surface area contributed by atoms with Crippen molar-refractivity contribution in [2.45, 2.75) is 6.92 Å². The first-order valence-electron chi connectivity index (χ1n) is 5.34. The van der Waals surface area contributed by atoms with Crippen LogP contribution in [0.5, 0.6) is 5.75 Å². The van der Waals surface area contributed by atoms with E-state index in [1.807, 2.05) is 19.2 Å². The molecule has 3 rings (SSSR count). The van der Waals surface area contributed by atoms with Gasteiger partial charge in [0.05, 0.1) is 5.52 Å². The molecule has 0 spiro atoms. The summed E-state index contributed by atoms with van der Waals surface area (Å²) >= 11 is 0. The Morgan fingerprint density at radius 1 is 0.938 bits per heavy atom. The zero-order valence-corrected chi connectivity index (χ0v) is 9.36. The molecule has 2 heteroatoms. The number of phenolic OH excluding ortho intramolecular Hbond substituents is 1. The lowest BCUT2D eigenvalue weighted by molar-refractivity contribution is 0.476. The van der Waals surface area contributed by atoms with E-state index in [1.54, 1.807) is 6.07 Å². The molecule has 16 heavy (non-hydrogen) atoms. The van der Waals surface area contributed by atoms with Crippen LogP contribution in [0, 0.1) is 6.92 Å². The van der Waals surface area contributed by atoms with Gasteiger partial charge in [-0.05, 0) is 31.2 Å². The summed E-state index contributed by atoms with van der Waals surface area (Å²) in [6.07, 6.45) is 0. The lowest BCUT2D eigenvalue weighted by Gasteiger charge is -1.98. The van der Waals surface area contributed by atoms with Gasteiger partial charge in [-0.15, -0.1) is 0 Å². The maximum atomic E-state index is 9.52. The van der Waals surface area contributed by atoms with Gasteiger partial charge in [0.2, 0.25) is 0 Å². The van der Waals surface area contributed by atoms with Gasteiger partial charge in [0, 0.05) is 29.4 Å². The van der Waals surface area contributed by atoms with Crippen LogP contribution in [0.2, 0.25) is 0 Å². The Morgan fingerprint density at radius 3 is 2.56 bits per heavy atom. The third kappa shape index (κ3) is 1.13. The van der Waals surface area contributed by atoms with E-state index in [0.29, 0.717) is 5.75 Å². The van der Waals surface area contributed by atoms with Crippen molar-refractivity contribution in [2.75, 3.05) is 0 Å². The van der Waals surface area contributed by atoms with Crippen molar-refractivity contribution in [3.63, 3.8) is 0 Å². The fourth-order valence-electron chi connectivity index (χ4n) is 2.31. The molecular formula is C14H13NO. The maximum Gasteiger partial charge on any atom is 0.117 e. The molecule has 0 saturated heterocycles. The van der Waals surface area contributed by atoms with E-state index >= 15 is 0 Å². The van der Waals surface area contributed by atoms with Crippen molar-refractivity contribution in [3.8, 4) is 5.75 Å². The van der Waals surface area contributed by atoms with Gasteiger partial charge in [-0.2, -0.15) is 0 Å². The number of hydrogen-bond acceptors (Lipinski definition) is 1. The fourth-order valence-corrected chi connectivity index (χ4v) is 2.31. The molecule has 0 fully saturated rings. The van der Waals surface area contributed by atoms with Gasteiger partial charge < -0.3 is 9.67 Å². The fraction of sp³-hybridized carbons (Fsp3) is 0.143. The van der Waals surface area contributed by atoms with Crippen LogP contribution in [0.25, 0.3) is 21.8 Å². The normalized spacial score (nSPS) is 11.4. The van der Waals surface area contributed by atoms with Crippen molar-refractivity contribution in [2.24, 2.45) is 7.05 Å². The second-order valence-corrected chi connectivity index (χ2v) is 4.28. The molecule has 80 valence electrons. The van der Waals surface area contributed by atoms with Crippen LogP contribution in [0.4, 0.5) is 0 Å². The number of aromatic hydroxyl groups is 1. The van der Waals surface area contributed by atoms with E-state index in [4.69, 9.17) is 0 Å². The van der Waals surface area contributed by atoms with Crippen molar-refractivity contribution in [1.29, 1.82) is 0 Å². The molecule has 0 saturated carbocycles. The average molecular weight is 211 g/mol. The molecule has 0 bridgehead atoms. The van der Waals surface area contributed by atoms with Crippen LogP contribution in [-0.2, 0) is 7.05 Å². The molecule has 0 aliphatic heterocycles. The first-order chi connectivity index (χ1) is 7.66. The Bertz CT molecular complexity index is 695. The Hall–Kier alpha value is -1.96. The highest BCUT2D eigenvalue weighted by molar-refractivity contribution is 6.08. The summed E-state index contributed by atoms with van der Waals surface area (Å²) in [6, 6.07) is 12.0. The summed E-state index contributed by atoms with van der Waals surface area (Å²) in [7, 11) is 2.03.